The molecule has 0 amide bonds. The first-order valence-corrected chi connectivity index (χ1v) is 6.58. The van der Waals surface area contributed by atoms with Crippen LogP contribution in [0.2, 0.25) is 0 Å². The fourth-order valence-corrected chi connectivity index (χ4v) is 1.58. The Hall–Kier alpha value is -0.930. The summed E-state index contributed by atoms with van der Waals surface area (Å²) in [5, 5.41) is 0. The highest BCUT2D eigenvalue weighted by molar-refractivity contribution is 9.10. The van der Waals surface area contributed by atoms with Crippen LogP contribution in [0, 0.1) is 0 Å². The molecule has 0 aliphatic carbocycles. The van der Waals surface area contributed by atoms with Crippen molar-refractivity contribution in [1.82, 2.24) is 0 Å². The van der Waals surface area contributed by atoms with E-state index in [0.29, 0.717) is 4.47 Å². The minimum atomic E-state index is -5.74. The number of alkyl halides is 3. The Morgan fingerprint density at radius 1 is 1.22 bits per heavy atom. The van der Waals surface area contributed by atoms with E-state index in [1.54, 1.807) is 0 Å². The molecule has 1 aromatic carbocycles. The molecule has 0 heterocycles. The number of carbonyl (C=O) groups is 1. The van der Waals surface area contributed by atoms with Gasteiger partial charge in [-0.15, -0.1) is 0 Å². The maximum Gasteiger partial charge on any atom is 0.523 e. The van der Waals surface area contributed by atoms with Gasteiger partial charge in [0.25, 0.3) is 0 Å². The van der Waals surface area contributed by atoms with Gasteiger partial charge in [-0.1, -0.05) is 28.1 Å². The van der Waals surface area contributed by atoms with E-state index in [1.165, 1.54) is 24.3 Å². The van der Waals surface area contributed by atoms with Crippen molar-refractivity contribution in [3.8, 4) is 0 Å². The van der Waals surface area contributed by atoms with E-state index in [4.69, 9.17) is 0 Å². The van der Waals surface area contributed by atoms with Crippen LogP contribution in [0.5, 0.6) is 0 Å². The predicted molar refractivity (Wildman–Crippen MR) is 59.4 cm³/mol. The Kier molecular flexibility index (Phi) is 4.51. The van der Waals surface area contributed by atoms with E-state index in [9.17, 15) is 26.4 Å². The molecule has 0 bridgehead atoms. The molecule has 0 unspecified atom stereocenters. The monoisotopic (exact) mass is 346 g/mol. The Bertz CT molecular complexity index is 536. The minimum absolute atomic E-state index is 0.0515. The van der Waals surface area contributed by atoms with Crippen molar-refractivity contribution in [2.75, 3.05) is 6.61 Å². The van der Waals surface area contributed by atoms with Gasteiger partial charge >= 0.3 is 15.6 Å². The van der Waals surface area contributed by atoms with E-state index in [1.807, 2.05) is 0 Å². The van der Waals surface area contributed by atoms with E-state index < -0.39 is 28.0 Å². The Balaban J connectivity index is 2.71. The molecule has 18 heavy (non-hydrogen) atoms. The van der Waals surface area contributed by atoms with Gasteiger partial charge in [0.2, 0.25) is 0 Å². The van der Waals surface area contributed by atoms with Crippen LogP contribution < -0.4 is 0 Å². The van der Waals surface area contributed by atoms with Gasteiger partial charge in [0, 0.05) is 10.0 Å². The lowest BCUT2D eigenvalue weighted by Gasteiger charge is -2.07. The van der Waals surface area contributed by atoms with Crippen LogP contribution in [0.3, 0.4) is 0 Å². The first-order chi connectivity index (χ1) is 8.13. The number of ketones is 1. The summed E-state index contributed by atoms with van der Waals surface area (Å²) in [7, 11) is -5.74. The molecule has 0 radical (unpaired) electrons. The van der Waals surface area contributed by atoms with Crippen molar-refractivity contribution in [3.05, 3.63) is 34.3 Å². The van der Waals surface area contributed by atoms with Crippen LogP contribution in [-0.4, -0.2) is 26.3 Å². The second-order valence-electron chi connectivity index (χ2n) is 3.09. The van der Waals surface area contributed by atoms with Crippen molar-refractivity contribution < 1.29 is 30.6 Å². The lowest BCUT2D eigenvalue weighted by molar-refractivity contribution is -0.0536. The first-order valence-electron chi connectivity index (χ1n) is 4.38. The summed E-state index contributed by atoms with van der Waals surface area (Å²) in [6.07, 6.45) is 0. The zero-order valence-corrected chi connectivity index (χ0v) is 11.0. The van der Waals surface area contributed by atoms with Gasteiger partial charge in [-0.3, -0.25) is 8.98 Å². The zero-order valence-electron chi connectivity index (χ0n) is 8.57. The van der Waals surface area contributed by atoms with Gasteiger partial charge in [0.1, 0.15) is 6.61 Å². The average Bonchev–Trinajstić information content (AvgIpc) is 2.25. The molecular formula is C9H6BrF3O4S. The lowest BCUT2D eigenvalue weighted by Crippen LogP contribution is -2.27. The van der Waals surface area contributed by atoms with Crippen molar-refractivity contribution in [2.45, 2.75) is 5.51 Å². The van der Waals surface area contributed by atoms with Crippen molar-refractivity contribution >= 4 is 31.8 Å². The molecule has 4 nitrogen and oxygen atoms in total. The maximum atomic E-state index is 11.9. The third-order valence-corrected chi connectivity index (χ3v) is 3.32. The summed E-state index contributed by atoms with van der Waals surface area (Å²) in [4.78, 5) is 11.4. The second-order valence-corrected chi connectivity index (χ2v) is 5.61. The van der Waals surface area contributed by atoms with Gasteiger partial charge in [0.05, 0.1) is 0 Å². The molecule has 100 valence electrons. The van der Waals surface area contributed by atoms with Gasteiger partial charge in [-0.25, -0.2) is 0 Å². The number of hydrogen-bond acceptors (Lipinski definition) is 4. The Morgan fingerprint density at radius 3 is 2.17 bits per heavy atom. The molecular weight excluding hydrogens is 341 g/mol. The molecule has 0 spiro atoms. The third-order valence-electron chi connectivity index (χ3n) is 1.79. The highest BCUT2D eigenvalue weighted by Gasteiger charge is 2.47. The van der Waals surface area contributed by atoms with E-state index >= 15 is 0 Å². The van der Waals surface area contributed by atoms with Gasteiger partial charge in [-0.2, -0.15) is 21.6 Å². The van der Waals surface area contributed by atoms with Crippen LogP contribution >= 0.6 is 15.9 Å². The van der Waals surface area contributed by atoms with Crippen molar-refractivity contribution in [2.24, 2.45) is 0 Å². The fraction of sp³-hybridized carbons (Fsp3) is 0.222. The molecule has 0 atom stereocenters. The summed E-state index contributed by atoms with van der Waals surface area (Å²) in [6.45, 7) is -1.19. The molecule has 1 rings (SSSR count). The number of rotatable bonds is 4. The van der Waals surface area contributed by atoms with Crippen LogP contribution in [-0.2, 0) is 14.3 Å². The smallest absolute Gasteiger partial charge is 0.291 e. The fourth-order valence-electron chi connectivity index (χ4n) is 0.917. The topological polar surface area (TPSA) is 60.4 Å². The standard InChI is InChI=1S/C9H6BrF3O4S/c10-7-3-1-6(2-4-7)8(14)5-17-18(15,16)9(11,12)13/h1-4H,5H2. The largest absolute Gasteiger partial charge is 0.523 e. The van der Waals surface area contributed by atoms with E-state index in [-0.39, 0.29) is 5.56 Å². The van der Waals surface area contributed by atoms with Gasteiger partial charge in [-0.05, 0) is 12.1 Å². The van der Waals surface area contributed by atoms with E-state index in [2.05, 4.69) is 20.1 Å². The number of hydrogen-bond donors (Lipinski definition) is 0. The predicted octanol–water partition coefficient (Wildman–Crippen LogP) is 2.50. The molecule has 0 aromatic heterocycles. The summed E-state index contributed by atoms with van der Waals surface area (Å²) in [5.41, 5.74) is -5.48. The van der Waals surface area contributed by atoms with Crippen molar-refractivity contribution in [1.29, 1.82) is 0 Å². The SMILES string of the molecule is O=C(COS(=O)(=O)C(F)(F)F)c1ccc(Br)cc1. The Labute approximate surface area is 109 Å². The summed E-state index contributed by atoms with van der Waals surface area (Å²) < 4.78 is 61.1. The maximum absolute atomic E-state index is 11.9. The number of carbonyl (C=O) groups excluding carboxylic acids is 1. The summed E-state index contributed by atoms with van der Waals surface area (Å²) >= 11 is 3.10. The molecule has 0 fully saturated rings. The average molecular weight is 347 g/mol. The highest BCUT2D eigenvalue weighted by Crippen LogP contribution is 2.24. The Morgan fingerprint density at radius 2 is 1.72 bits per heavy atom. The van der Waals surface area contributed by atoms with Crippen LogP contribution in [0.4, 0.5) is 13.2 Å². The minimum Gasteiger partial charge on any atom is -0.291 e. The normalized spacial score (nSPS) is 12.4. The van der Waals surface area contributed by atoms with E-state index in [0.717, 1.165) is 0 Å². The molecule has 0 aliphatic rings. The highest BCUT2D eigenvalue weighted by atomic mass is 79.9. The first kappa shape index (κ1) is 15.1. The van der Waals surface area contributed by atoms with Crippen LogP contribution in [0.15, 0.2) is 28.7 Å². The molecule has 0 aliphatic heterocycles. The van der Waals surface area contributed by atoms with Crippen molar-refractivity contribution in [3.63, 3.8) is 0 Å². The molecule has 0 N–H and O–H groups in total. The number of Topliss-reactive ketones (excluding diaryl/α,β-unsaturated/α-hetero) is 1. The quantitative estimate of drug-likeness (QED) is 0.477. The summed E-state index contributed by atoms with van der Waals surface area (Å²) in [6, 6.07) is 5.64. The number of benzene rings is 1. The molecule has 0 saturated carbocycles. The number of halogens is 4. The van der Waals surface area contributed by atoms with Crippen LogP contribution in [0.25, 0.3) is 0 Å². The van der Waals surface area contributed by atoms with Crippen LogP contribution in [0.1, 0.15) is 10.4 Å². The van der Waals surface area contributed by atoms with Gasteiger partial charge in [0.15, 0.2) is 5.78 Å². The lowest BCUT2D eigenvalue weighted by atomic mass is 10.1. The third kappa shape index (κ3) is 3.79. The second kappa shape index (κ2) is 5.37. The summed E-state index contributed by atoms with van der Waals surface area (Å²) in [5.74, 6) is -0.865. The van der Waals surface area contributed by atoms with Gasteiger partial charge < -0.3 is 0 Å². The zero-order chi connectivity index (χ0) is 14.0. The molecule has 1 aromatic rings. The molecule has 9 heteroatoms. The molecule has 0 saturated heterocycles.